The lowest BCUT2D eigenvalue weighted by atomic mass is 10.1. The van der Waals surface area contributed by atoms with E-state index in [-0.39, 0.29) is 12.1 Å². The molecule has 0 aliphatic carbocycles. The van der Waals surface area contributed by atoms with Crippen LogP contribution in [0.25, 0.3) is 0 Å². The minimum absolute atomic E-state index is 0.0207. The number of carbonyl (C=O) groups excluding carboxylic acids is 1. The van der Waals surface area contributed by atoms with Crippen LogP contribution in [-0.2, 0) is 17.4 Å². The van der Waals surface area contributed by atoms with Crippen LogP contribution in [0.5, 0.6) is 11.5 Å². The van der Waals surface area contributed by atoms with Crippen molar-refractivity contribution in [2.45, 2.75) is 12.6 Å². The fraction of sp³-hybridized carbons (Fsp3) is 0.235. The van der Waals surface area contributed by atoms with Crippen molar-refractivity contribution in [3.8, 4) is 11.5 Å². The molecule has 1 N–H and O–H groups in total. The van der Waals surface area contributed by atoms with Gasteiger partial charge < -0.3 is 14.8 Å². The Balaban J connectivity index is 1.68. The lowest BCUT2D eigenvalue weighted by Gasteiger charge is -2.18. The van der Waals surface area contributed by atoms with Gasteiger partial charge in [-0.3, -0.25) is 4.79 Å². The van der Waals surface area contributed by atoms with Crippen LogP contribution in [0, 0.1) is 0 Å². The Labute approximate surface area is 136 Å². The Morgan fingerprint density at radius 1 is 1.04 bits per heavy atom. The summed E-state index contributed by atoms with van der Waals surface area (Å²) in [6, 6.07) is 9.65. The fourth-order valence-corrected chi connectivity index (χ4v) is 2.36. The standard InChI is InChI=1S/C17H14F3NO3/c18-17(19,20)12-2-1-3-13(10-12)21-16(22)9-11-4-5-14-15(8-11)24-7-6-23-14/h1-5,8,10H,6-7,9H2,(H,21,22). The molecule has 1 heterocycles. The van der Waals surface area contributed by atoms with Gasteiger partial charge in [0.2, 0.25) is 5.91 Å². The van der Waals surface area contributed by atoms with Crippen LogP contribution in [0.1, 0.15) is 11.1 Å². The topological polar surface area (TPSA) is 47.6 Å². The van der Waals surface area contributed by atoms with Crippen LogP contribution < -0.4 is 14.8 Å². The molecule has 2 aromatic carbocycles. The second-order valence-electron chi connectivity index (χ2n) is 5.28. The van der Waals surface area contributed by atoms with E-state index in [9.17, 15) is 18.0 Å². The number of anilines is 1. The lowest BCUT2D eigenvalue weighted by Crippen LogP contribution is -2.17. The quantitative estimate of drug-likeness (QED) is 0.930. The molecule has 1 aliphatic heterocycles. The third kappa shape index (κ3) is 3.79. The summed E-state index contributed by atoms with van der Waals surface area (Å²) in [5.74, 6) is 0.764. The molecule has 0 aromatic heterocycles. The number of hydrogen-bond acceptors (Lipinski definition) is 3. The van der Waals surface area contributed by atoms with Crippen molar-refractivity contribution in [1.82, 2.24) is 0 Å². The Morgan fingerprint density at radius 2 is 1.79 bits per heavy atom. The van der Waals surface area contributed by atoms with Crippen LogP contribution in [0.15, 0.2) is 42.5 Å². The van der Waals surface area contributed by atoms with Gasteiger partial charge in [-0.15, -0.1) is 0 Å². The molecule has 4 nitrogen and oxygen atoms in total. The number of ether oxygens (including phenoxy) is 2. The summed E-state index contributed by atoms with van der Waals surface area (Å²) in [6.07, 6.45) is -4.43. The van der Waals surface area contributed by atoms with Crippen molar-refractivity contribution in [3.63, 3.8) is 0 Å². The first kappa shape index (κ1) is 16.2. The van der Waals surface area contributed by atoms with E-state index in [0.29, 0.717) is 30.3 Å². The van der Waals surface area contributed by atoms with E-state index < -0.39 is 17.6 Å². The highest BCUT2D eigenvalue weighted by molar-refractivity contribution is 5.92. The molecule has 24 heavy (non-hydrogen) atoms. The highest BCUT2D eigenvalue weighted by atomic mass is 19.4. The number of benzene rings is 2. The summed E-state index contributed by atoms with van der Waals surface area (Å²) >= 11 is 0. The summed E-state index contributed by atoms with van der Waals surface area (Å²) in [5, 5.41) is 2.47. The lowest BCUT2D eigenvalue weighted by molar-refractivity contribution is -0.137. The van der Waals surface area contributed by atoms with Gasteiger partial charge in [-0.2, -0.15) is 13.2 Å². The summed E-state index contributed by atoms with van der Waals surface area (Å²) in [6.45, 7) is 0.912. The van der Waals surface area contributed by atoms with E-state index in [1.807, 2.05) is 0 Å². The van der Waals surface area contributed by atoms with Crippen LogP contribution in [0.4, 0.5) is 18.9 Å². The van der Waals surface area contributed by atoms with Crippen LogP contribution in [-0.4, -0.2) is 19.1 Å². The Kier molecular flexibility index (Phi) is 4.33. The van der Waals surface area contributed by atoms with E-state index in [1.54, 1.807) is 18.2 Å². The molecule has 126 valence electrons. The number of amides is 1. The number of rotatable bonds is 3. The van der Waals surface area contributed by atoms with Gasteiger partial charge in [0, 0.05) is 5.69 Å². The Hall–Kier alpha value is -2.70. The molecule has 0 atom stereocenters. The number of hydrogen-bond donors (Lipinski definition) is 1. The number of carbonyl (C=O) groups is 1. The molecule has 7 heteroatoms. The SMILES string of the molecule is O=C(Cc1ccc2c(c1)OCCO2)Nc1cccc(C(F)(F)F)c1. The summed E-state index contributed by atoms with van der Waals surface area (Å²) < 4.78 is 48.8. The summed E-state index contributed by atoms with van der Waals surface area (Å²) in [7, 11) is 0. The monoisotopic (exact) mass is 337 g/mol. The first-order valence-electron chi connectivity index (χ1n) is 7.27. The number of halogens is 3. The maximum atomic E-state index is 12.7. The number of fused-ring (bicyclic) bond motifs is 1. The van der Waals surface area contributed by atoms with Crippen molar-refractivity contribution >= 4 is 11.6 Å². The van der Waals surface area contributed by atoms with Crippen molar-refractivity contribution in [1.29, 1.82) is 0 Å². The van der Waals surface area contributed by atoms with E-state index in [0.717, 1.165) is 12.1 Å². The molecule has 0 fully saturated rings. The van der Waals surface area contributed by atoms with Gasteiger partial charge in [0.1, 0.15) is 13.2 Å². The van der Waals surface area contributed by atoms with Gasteiger partial charge >= 0.3 is 6.18 Å². The highest BCUT2D eigenvalue weighted by Crippen LogP contribution is 2.32. The van der Waals surface area contributed by atoms with Crippen molar-refractivity contribution in [2.24, 2.45) is 0 Å². The fourth-order valence-electron chi connectivity index (χ4n) is 2.36. The average molecular weight is 337 g/mol. The normalized spacial score (nSPS) is 13.5. The van der Waals surface area contributed by atoms with E-state index in [4.69, 9.17) is 9.47 Å². The van der Waals surface area contributed by atoms with E-state index >= 15 is 0 Å². The van der Waals surface area contributed by atoms with Gasteiger partial charge in [-0.1, -0.05) is 12.1 Å². The first-order valence-corrected chi connectivity index (χ1v) is 7.27. The molecule has 0 radical (unpaired) electrons. The second kappa shape index (κ2) is 6.43. The van der Waals surface area contributed by atoms with E-state index in [1.165, 1.54) is 12.1 Å². The second-order valence-corrected chi connectivity index (χ2v) is 5.28. The number of alkyl halides is 3. The van der Waals surface area contributed by atoms with Crippen LogP contribution in [0.2, 0.25) is 0 Å². The summed E-state index contributed by atoms with van der Waals surface area (Å²) in [5.41, 5.74) is -0.0178. The highest BCUT2D eigenvalue weighted by Gasteiger charge is 2.30. The van der Waals surface area contributed by atoms with Crippen molar-refractivity contribution in [2.75, 3.05) is 18.5 Å². The third-order valence-corrected chi connectivity index (χ3v) is 3.44. The third-order valence-electron chi connectivity index (χ3n) is 3.44. The molecule has 1 aliphatic rings. The maximum Gasteiger partial charge on any atom is 0.416 e. The number of nitrogens with one attached hydrogen (secondary N) is 1. The molecule has 3 rings (SSSR count). The minimum Gasteiger partial charge on any atom is -0.486 e. The van der Waals surface area contributed by atoms with Crippen LogP contribution >= 0.6 is 0 Å². The van der Waals surface area contributed by atoms with Gasteiger partial charge in [0.25, 0.3) is 0 Å². The predicted molar refractivity (Wildman–Crippen MR) is 81.2 cm³/mol. The first-order chi connectivity index (χ1) is 11.4. The zero-order chi connectivity index (χ0) is 17.2. The molecule has 0 saturated heterocycles. The molecule has 0 unspecified atom stereocenters. The molecule has 0 spiro atoms. The van der Waals surface area contributed by atoms with Crippen LogP contribution in [0.3, 0.4) is 0 Å². The Bertz CT molecular complexity index is 759. The van der Waals surface area contributed by atoms with Gasteiger partial charge in [0.05, 0.1) is 12.0 Å². The van der Waals surface area contributed by atoms with Gasteiger partial charge in [-0.05, 0) is 35.9 Å². The molecule has 2 aromatic rings. The van der Waals surface area contributed by atoms with E-state index in [2.05, 4.69) is 5.32 Å². The van der Waals surface area contributed by atoms with Crippen molar-refractivity contribution in [3.05, 3.63) is 53.6 Å². The molecular weight excluding hydrogens is 323 g/mol. The maximum absolute atomic E-state index is 12.7. The molecule has 1 amide bonds. The van der Waals surface area contributed by atoms with Gasteiger partial charge in [0.15, 0.2) is 11.5 Å². The summed E-state index contributed by atoms with van der Waals surface area (Å²) in [4.78, 5) is 12.0. The zero-order valence-electron chi connectivity index (χ0n) is 12.5. The molecular formula is C17H14F3NO3. The molecule has 0 saturated carbocycles. The smallest absolute Gasteiger partial charge is 0.416 e. The van der Waals surface area contributed by atoms with Crippen molar-refractivity contribution < 1.29 is 27.4 Å². The Morgan fingerprint density at radius 3 is 2.54 bits per heavy atom. The van der Waals surface area contributed by atoms with Gasteiger partial charge in [-0.25, -0.2) is 0 Å². The largest absolute Gasteiger partial charge is 0.486 e. The molecule has 0 bridgehead atoms. The zero-order valence-corrected chi connectivity index (χ0v) is 12.5. The average Bonchev–Trinajstić information content (AvgIpc) is 2.54. The predicted octanol–water partition coefficient (Wildman–Crippen LogP) is 3.66. The minimum atomic E-state index is -4.45.